The molecule has 42 heavy (non-hydrogen) atoms. The summed E-state index contributed by atoms with van der Waals surface area (Å²) in [5.74, 6) is 0. The minimum absolute atomic E-state index is 0.389. The van der Waals surface area contributed by atoms with Crippen LogP contribution in [0, 0.1) is 22.7 Å². The first-order chi connectivity index (χ1) is 20.7. The molecule has 0 unspecified atom stereocenters. The minimum atomic E-state index is 0.389. The number of hydrogen-bond acceptors (Lipinski definition) is 4. The SMILES string of the molecule is N#Cc1cccc(-c2cc(-c3cccc4c3sc3ccccc34)cc(-c3cccc4c3sc3ccccc34)c2)c1C#N. The van der Waals surface area contributed by atoms with Crippen molar-refractivity contribution in [2.45, 2.75) is 0 Å². The maximum atomic E-state index is 10.1. The first-order valence-electron chi connectivity index (χ1n) is 13.6. The van der Waals surface area contributed by atoms with Gasteiger partial charge in [0.15, 0.2) is 0 Å². The van der Waals surface area contributed by atoms with Crippen LogP contribution in [0.15, 0.2) is 121 Å². The summed E-state index contributed by atoms with van der Waals surface area (Å²) in [7, 11) is 0. The maximum absolute atomic E-state index is 10.1. The van der Waals surface area contributed by atoms with Crippen LogP contribution in [0.2, 0.25) is 0 Å². The lowest BCUT2D eigenvalue weighted by atomic mass is 9.90. The zero-order valence-electron chi connectivity index (χ0n) is 22.3. The fourth-order valence-corrected chi connectivity index (χ4v) is 8.53. The number of thiophene rings is 2. The molecule has 0 bridgehead atoms. The highest BCUT2D eigenvalue weighted by Gasteiger charge is 2.17. The van der Waals surface area contributed by atoms with Crippen molar-refractivity contribution in [3.63, 3.8) is 0 Å². The standard InChI is InChI=1S/C38H20N2S2/c39-21-23-8-5-11-27(34(23)22-40)24-18-25(28-12-6-14-32-30-9-1-3-16-35(30)41-37(28)32)20-26(19-24)29-13-7-15-33-31-10-2-4-17-36(31)42-38(29)33/h1-20H. The Morgan fingerprint density at radius 2 is 0.881 bits per heavy atom. The predicted molar refractivity (Wildman–Crippen MR) is 178 cm³/mol. The smallest absolute Gasteiger partial charge is 0.101 e. The van der Waals surface area contributed by atoms with Crippen molar-refractivity contribution >= 4 is 63.0 Å². The second kappa shape index (κ2) is 9.68. The highest BCUT2D eigenvalue weighted by atomic mass is 32.1. The highest BCUT2D eigenvalue weighted by Crippen LogP contribution is 2.45. The lowest BCUT2D eigenvalue weighted by molar-refractivity contribution is 1.43. The minimum Gasteiger partial charge on any atom is -0.192 e. The van der Waals surface area contributed by atoms with E-state index in [2.05, 4.69) is 115 Å². The van der Waals surface area contributed by atoms with E-state index in [4.69, 9.17) is 0 Å². The fourth-order valence-electron chi connectivity index (χ4n) is 6.05. The van der Waals surface area contributed by atoms with Crippen molar-refractivity contribution in [2.24, 2.45) is 0 Å². The van der Waals surface area contributed by atoms with E-state index < -0.39 is 0 Å². The van der Waals surface area contributed by atoms with Crippen LogP contribution in [0.3, 0.4) is 0 Å². The summed E-state index contributed by atoms with van der Waals surface area (Å²) in [6.07, 6.45) is 0. The molecule has 2 nitrogen and oxygen atoms in total. The van der Waals surface area contributed by atoms with E-state index in [9.17, 15) is 10.5 Å². The van der Waals surface area contributed by atoms with E-state index in [1.165, 1.54) is 40.3 Å². The Morgan fingerprint density at radius 1 is 0.429 bits per heavy atom. The summed E-state index contributed by atoms with van der Waals surface area (Å²) in [5, 5.41) is 24.9. The normalized spacial score (nSPS) is 11.3. The molecule has 194 valence electrons. The van der Waals surface area contributed by atoms with Crippen LogP contribution in [-0.2, 0) is 0 Å². The predicted octanol–water partition coefficient (Wildman–Crippen LogP) is 11.2. The molecular formula is C38H20N2S2. The van der Waals surface area contributed by atoms with Crippen LogP contribution in [-0.4, -0.2) is 0 Å². The monoisotopic (exact) mass is 568 g/mol. The van der Waals surface area contributed by atoms with Crippen LogP contribution in [0.5, 0.6) is 0 Å². The molecule has 0 aliphatic heterocycles. The summed E-state index contributed by atoms with van der Waals surface area (Å²) >= 11 is 3.62. The summed E-state index contributed by atoms with van der Waals surface area (Å²) in [6.45, 7) is 0. The largest absolute Gasteiger partial charge is 0.192 e. The quantitative estimate of drug-likeness (QED) is 0.213. The Bertz CT molecular complexity index is 2310. The van der Waals surface area contributed by atoms with Gasteiger partial charge in [-0.1, -0.05) is 84.9 Å². The van der Waals surface area contributed by atoms with Crippen LogP contribution < -0.4 is 0 Å². The maximum Gasteiger partial charge on any atom is 0.101 e. The van der Waals surface area contributed by atoms with E-state index in [1.807, 2.05) is 34.8 Å². The molecule has 0 spiro atoms. The van der Waals surface area contributed by atoms with Gasteiger partial charge >= 0.3 is 0 Å². The lowest BCUT2D eigenvalue weighted by Gasteiger charge is -2.14. The molecule has 0 fully saturated rings. The fraction of sp³-hybridized carbons (Fsp3) is 0. The van der Waals surface area contributed by atoms with Gasteiger partial charge in [-0.05, 0) is 64.2 Å². The summed E-state index contributed by atoms with van der Waals surface area (Å²) < 4.78 is 5.01. The van der Waals surface area contributed by atoms with Crippen molar-refractivity contribution < 1.29 is 0 Å². The number of nitrogens with zero attached hydrogens (tertiary/aromatic N) is 2. The van der Waals surface area contributed by atoms with Gasteiger partial charge in [-0.3, -0.25) is 0 Å². The first kappa shape index (κ1) is 24.5. The highest BCUT2D eigenvalue weighted by molar-refractivity contribution is 7.26. The molecule has 0 amide bonds. The van der Waals surface area contributed by atoms with E-state index in [-0.39, 0.29) is 0 Å². The van der Waals surface area contributed by atoms with E-state index in [0.717, 1.165) is 33.4 Å². The van der Waals surface area contributed by atoms with Crippen molar-refractivity contribution in [1.29, 1.82) is 10.5 Å². The molecule has 8 rings (SSSR count). The van der Waals surface area contributed by atoms with Gasteiger partial charge in [0, 0.05) is 45.9 Å². The zero-order valence-corrected chi connectivity index (χ0v) is 23.9. The summed E-state index contributed by atoms with van der Waals surface area (Å²) in [4.78, 5) is 0. The van der Waals surface area contributed by atoms with Crippen molar-refractivity contribution in [1.82, 2.24) is 0 Å². The van der Waals surface area contributed by atoms with E-state index in [1.54, 1.807) is 6.07 Å². The molecule has 4 heteroatoms. The second-order valence-corrected chi connectivity index (χ2v) is 12.4. The third-order valence-corrected chi connectivity index (χ3v) is 10.4. The van der Waals surface area contributed by atoms with Gasteiger partial charge in [0.05, 0.1) is 11.1 Å². The van der Waals surface area contributed by atoms with Crippen molar-refractivity contribution in [3.8, 4) is 45.5 Å². The van der Waals surface area contributed by atoms with Crippen molar-refractivity contribution in [2.75, 3.05) is 0 Å². The number of fused-ring (bicyclic) bond motifs is 6. The second-order valence-electron chi connectivity index (χ2n) is 10.3. The average molecular weight is 569 g/mol. The molecule has 0 atom stereocenters. The Morgan fingerprint density at radius 3 is 1.40 bits per heavy atom. The molecular weight excluding hydrogens is 549 g/mol. The number of nitriles is 2. The Hall–Kier alpha value is -5.26. The molecule has 0 radical (unpaired) electrons. The molecule has 0 saturated heterocycles. The van der Waals surface area contributed by atoms with Gasteiger partial charge in [-0.15, -0.1) is 22.7 Å². The molecule has 8 aromatic rings. The van der Waals surface area contributed by atoms with Crippen LogP contribution in [0.25, 0.3) is 73.7 Å². The molecule has 0 aliphatic carbocycles. The summed E-state index contributed by atoms with van der Waals surface area (Å²) in [6, 6.07) is 46.8. The third kappa shape index (κ3) is 3.75. The Balaban J connectivity index is 1.45. The molecule has 6 aromatic carbocycles. The Kier molecular flexibility index (Phi) is 5.66. The van der Waals surface area contributed by atoms with Crippen LogP contribution in [0.4, 0.5) is 0 Å². The zero-order chi connectivity index (χ0) is 28.2. The van der Waals surface area contributed by atoms with Crippen LogP contribution in [0.1, 0.15) is 11.1 Å². The Labute approximate surface area is 250 Å². The van der Waals surface area contributed by atoms with Gasteiger partial charge in [0.25, 0.3) is 0 Å². The van der Waals surface area contributed by atoms with Crippen molar-refractivity contribution in [3.05, 3.63) is 132 Å². The van der Waals surface area contributed by atoms with E-state index >= 15 is 0 Å². The molecule has 2 aromatic heterocycles. The first-order valence-corrected chi connectivity index (χ1v) is 15.3. The van der Waals surface area contributed by atoms with Gasteiger partial charge in [0.1, 0.15) is 12.1 Å². The van der Waals surface area contributed by atoms with Gasteiger partial charge in [-0.2, -0.15) is 10.5 Å². The number of hydrogen-bond donors (Lipinski definition) is 0. The molecule has 0 N–H and O–H groups in total. The molecule has 2 heterocycles. The number of benzene rings is 6. The van der Waals surface area contributed by atoms with E-state index in [0.29, 0.717) is 11.1 Å². The lowest BCUT2D eigenvalue weighted by Crippen LogP contribution is -1.92. The third-order valence-electron chi connectivity index (χ3n) is 7.97. The molecule has 0 aliphatic rings. The topological polar surface area (TPSA) is 47.6 Å². The van der Waals surface area contributed by atoms with Gasteiger partial charge < -0.3 is 0 Å². The summed E-state index contributed by atoms with van der Waals surface area (Å²) in [5.41, 5.74) is 6.99. The van der Waals surface area contributed by atoms with Crippen LogP contribution >= 0.6 is 22.7 Å². The average Bonchev–Trinajstić information content (AvgIpc) is 3.62. The van der Waals surface area contributed by atoms with Gasteiger partial charge in [0.2, 0.25) is 0 Å². The molecule has 0 saturated carbocycles. The van der Waals surface area contributed by atoms with Gasteiger partial charge in [-0.25, -0.2) is 0 Å². The number of rotatable bonds is 3.